The van der Waals surface area contributed by atoms with Crippen molar-refractivity contribution in [2.75, 3.05) is 13.1 Å². The number of amides is 1. The van der Waals surface area contributed by atoms with Gasteiger partial charge in [-0.1, -0.05) is 32.9 Å². The van der Waals surface area contributed by atoms with Crippen molar-refractivity contribution in [3.63, 3.8) is 0 Å². The monoisotopic (exact) mass is 323 g/mol. The smallest absolute Gasteiger partial charge is 0.273 e. The van der Waals surface area contributed by atoms with Gasteiger partial charge in [-0.2, -0.15) is 0 Å². The normalized spacial score (nSPS) is 17.4. The molecule has 0 aromatic carbocycles. The number of aliphatic hydroxyl groups excluding tert-OH is 1. The number of aromatic nitrogens is 1. The molecule has 1 aliphatic heterocycles. The van der Waals surface area contributed by atoms with Gasteiger partial charge in [0.05, 0.1) is 12.6 Å². The van der Waals surface area contributed by atoms with Crippen LogP contribution in [-0.2, 0) is 6.54 Å². The van der Waals surface area contributed by atoms with E-state index in [9.17, 15) is 9.90 Å². The van der Waals surface area contributed by atoms with E-state index in [-0.39, 0.29) is 18.1 Å². The lowest BCUT2D eigenvalue weighted by atomic mass is 9.93. The van der Waals surface area contributed by atoms with E-state index in [0.29, 0.717) is 29.8 Å². The fourth-order valence-electron chi connectivity index (χ4n) is 3.12. The molecule has 1 aromatic rings. The van der Waals surface area contributed by atoms with Crippen molar-refractivity contribution in [1.29, 1.82) is 0 Å². The van der Waals surface area contributed by atoms with Crippen LogP contribution in [0.2, 0.25) is 0 Å². The zero-order chi connectivity index (χ0) is 17.0. The molecule has 0 spiro atoms. The van der Waals surface area contributed by atoms with Gasteiger partial charge >= 0.3 is 0 Å². The van der Waals surface area contributed by atoms with Gasteiger partial charge in [0.2, 0.25) is 0 Å². The Bertz CT molecular complexity index is 497. The first-order valence-corrected chi connectivity index (χ1v) is 8.53. The number of carbonyl (C=O) groups excluding carboxylic acids is 1. The van der Waals surface area contributed by atoms with Crippen molar-refractivity contribution in [3.05, 3.63) is 17.5 Å². The molecule has 1 amide bonds. The van der Waals surface area contributed by atoms with Gasteiger partial charge in [-0.25, -0.2) is 0 Å². The van der Waals surface area contributed by atoms with Gasteiger partial charge < -0.3 is 14.9 Å². The van der Waals surface area contributed by atoms with Crippen LogP contribution in [0.1, 0.15) is 56.8 Å². The highest BCUT2D eigenvalue weighted by Gasteiger charge is 2.23. The number of nitrogens with zero attached hydrogens (tertiary/aromatic N) is 2. The van der Waals surface area contributed by atoms with Crippen LogP contribution in [0.5, 0.6) is 0 Å². The number of hydrogen-bond acceptors (Lipinski definition) is 5. The molecule has 0 saturated carbocycles. The Balaban J connectivity index is 1.91. The van der Waals surface area contributed by atoms with Gasteiger partial charge in [-0.15, -0.1) is 0 Å². The maximum atomic E-state index is 12.3. The minimum Gasteiger partial charge on any atom is -0.393 e. The minimum atomic E-state index is -0.189. The predicted octanol–water partition coefficient (Wildman–Crippen LogP) is 2.04. The Morgan fingerprint density at radius 3 is 2.52 bits per heavy atom. The van der Waals surface area contributed by atoms with E-state index in [1.807, 2.05) is 0 Å². The van der Waals surface area contributed by atoms with E-state index in [4.69, 9.17) is 4.52 Å². The lowest BCUT2D eigenvalue weighted by Gasteiger charge is -2.28. The summed E-state index contributed by atoms with van der Waals surface area (Å²) in [6, 6.07) is 1.84. The van der Waals surface area contributed by atoms with Gasteiger partial charge in [0, 0.05) is 25.2 Å². The van der Waals surface area contributed by atoms with E-state index >= 15 is 0 Å². The van der Waals surface area contributed by atoms with Crippen molar-refractivity contribution < 1.29 is 14.4 Å². The first-order valence-electron chi connectivity index (χ1n) is 8.53. The van der Waals surface area contributed by atoms with Crippen molar-refractivity contribution >= 4 is 5.91 Å². The maximum absolute atomic E-state index is 12.3. The molecule has 1 fully saturated rings. The molecule has 0 bridgehead atoms. The lowest BCUT2D eigenvalue weighted by Crippen LogP contribution is -2.42. The molecule has 2 N–H and O–H groups in total. The molecular weight excluding hydrogens is 294 g/mol. The summed E-state index contributed by atoms with van der Waals surface area (Å²) in [7, 11) is 0. The molecule has 0 atom stereocenters. The van der Waals surface area contributed by atoms with Crippen molar-refractivity contribution in [2.45, 2.75) is 59.2 Å². The largest absolute Gasteiger partial charge is 0.393 e. The summed E-state index contributed by atoms with van der Waals surface area (Å²) >= 11 is 0. The highest BCUT2D eigenvalue weighted by Crippen LogP contribution is 2.16. The first-order chi connectivity index (χ1) is 10.9. The molecule has 2 rings (SSSR count). The molecule has 6 nitrogen and oxygen atoms in total. The van der Waals surface area contributed by atoms with Crippen molar-refractivity contribution in [3.8, 4) is 0 Å². The third-order valence-corrected chi connectivity index (χ3v) is 4.46. The van der Waals surface area contributed by atoms with Crippen LogP contribution < -0.4 is 5.32 Å². The van der Waals surface area contributed by atoms with E-state index in [1.165, 1.54) is 0 Å². The Hall–Kier alpha value is -1.40. The van der Waals surface area contributed by atoms with Crippen LogP contribution >= 0.6 is 0 Å². The van der Waals surface area contributed by atoms with Crippen molar-refractivity contribution in [1.82, 2.24) is 15.4 Å². The molecule has 23 heavy (non-hydrogen) atoms. The Kier molecular flexibility index (Phi) is 6.18. The van der Waals surface area contributed by atoms with Crippen LogP contribution in [0.4, 0.5) is 0 Å². The quantitative estimate of drug-likeness (QED) is 0.837. The third-order valence-electron chi connectivity index (χ3n) is 4.46. The summed E-state index contributed by atoms with van der Waals surface area (Å²) in [5.74, 6) is 1.24. The summed E-state index contributed by atoms with van der Waals surface area (Å²) in [4.78, 5) is 14.5. The molecule has 1 aliphatic rings. The van der Waals surface area contributed by atoms with Crippen LogP contribution in [0.25, 0.3) is 0 Å². The average Bonchev–Trinajstić information content (AvgIpc) is 2.95. The maximum Gasteiger partial charge on any atom is 0.273 e. The number of aliphatic hydroxyl groups is 1. The summed E-state index contributed by atoms with van der Waals surface area (Å²) in [5, 5.41) is 16.5. The highest BCUT2D eigenvalue weighted by atomic mass is 16.5. The zero-order valence-electron chi connectivity index (χ0n) is 14.6. The van der Waals surface area contributed by atoms with E-state index < -0.39 is 0 Å². The fourth-order valence-corrected chi connectivity index (χ4v) is 3.12. The van der Waals surface area contributed by atoms with E-state index in [2.05, 4.69) is 43.1 Å². The number of likely N-dealkylation sites (tertiary alicyclic amines) is 1. The third kappa shape index (κ3) is 5.04. The van der Waals surface area contributed by atoms with E-state index in [0.717, 1.165) is 25.9 Å². The van der Waals surface area contributed by atoms with Crippen LogP contribution in [0, 0.1) is 11.8 Å². The van der Waals surface area contributed by atoms with Crippen LogP contribution in [0.3, 0.4) is 0 Å². The second-order valence-corrected chi connectivity index (χ2v) is 7.17. The summed E-state index contributed by atoms with van der Waals surface area (Å²) in [6.45, 7) is 10.7. The molecular formula is C17H29N3O3. The molecule has 0 radical (unpaired) electrons. The molecule has 6 heteroatoms. The predicted molar refractivity (Wildman–Crippen MR) is 88.0 cm³/mol. The first kappa shape index (κ1) is 17.9. The number of hydrogen-bond donors (Lipinski definition) is 2. The number of rotatable bonds is 6. The Morgan fingerprint density at radius 2 is 1.96 bits per heavy atom. The number of nitrogens with one attached hydrogen (secondary N) is 1. The highest BCUT2D eigenvalue weighted by molar-refractivity contribution is 5.92. The second kappa shape index (κ2) is 7.93. The molecule has 2 heterocycles. The SMILES string of the molecule is CC(C)C(NC(=O)c1cc(CN2CCC(O)CC2)on1)C(C)C. The molecule has 1 saturated heterocycles. The number of piperidine rings is 1. The summed E-state index contributed by atoms with van der Waals surface area (Å²) < 4.78 is 5.30. The molecule has 130 valence electrons. The van der Waals surface area contributed by atoms with Gasteiger partial charge in [-0.05, 0) is 24.7 Å². The lowest BCUT2D eigenvalue weighted by molar-refractivity contribution is 0.0748. The average molecular weight is 323 g/mol. The van der Waals surface area contributed by atoms with Gasteiger partial charge in [0.1, 0.15) is 0 Å². The Morgan fingerprint density at radius 1 is 1.35 bits per heavy atom. The van der Waals surface area contributed by atoms with Crippen LogP contribution in [0.15, 0.2) is 10.6 Å². The molecule has 0 aliphatic carbocycles. The standard InChI is InChI=1S/C17H29N3O3/c1-11(2)16(12(3)4)18-17(22)15-9-14(23-19-15)10-20-7-5-13(21)6-8-20/h9,11-13,16,21H,5-8,10H2,1-4H3,(H,18,22). The zero-order valence-corrected chi connectivity index (χ0v) is 14.6. The minimum absolute atomic E-state index is 0.117. The van der Waals surface area contributed by atoms with Gasteiger partial charge in [0.15, 0.2) is 11.5 Å². The van der Waals surface area contributed by atoms with Crippen molar-refractivity contribution in [2.24, 2.45) is 11.8 Å². The summed E-state index contributed by atoms with van der Waals surface area (Å²) in [5.41, 5.74) is 0.336. The van der Waals surface area contributed by atoms with Gasteiger partial charge in [0.25, 0.3) is 5.91 Å². The Labute approximate surface area is 138 Å². The summed E-state index contributed by atoms with van der Waals surface area (Å²) in [6.07, 6.45) is 1.38. The second-order valence-electron chi connectivity index (χ2n) is 7.17. The number of carbonyl (C=O) groups is 1. The van der Waals surface area contributed by atoms with Crippen LogP contribution in [-0.4, -0.2) is 46.3 Å². The molecule has 0 unspecified atom stereocenters. The van der Waals surface area contributed by atoms with Gasteiger partial charge in [-0.3, -0.25) is 9.69 Å². The fraction of sp³-hybridized carbons (Fsp3) is 0.765. The molecule has 1 aromatic heterocycles. The van der Waals surface area contributed by atoms with E-state index in [1.54, 1.807) is 6.07 Å². The topological polar surface area (TPSA) is 78.6 Å².